The second-order valence-electron chi connectivity index (χ2n) is 5.70. The van der Waals surface area contributed by atoms with E-state index in [9.17, 15) is 4.79 Å². The van der Waals surface area contributed by atoms with Gasteiger partial charge in [0, 0.05) is 22.6 Å². The minimum absolute atomic E-state index is 0.0835. The van der Waals surface area contributed by atoms with Crippen molar-refractivity contribution >= 4 is 23.2 Å². The molecule has 4 rings (SSSR count). The summed E-state index contributed by atoms with van der Waals surface area (Å²) in [5.74, 6) is 0.294. The van der Waals surface area contributed by atoms with Crippen molar-refractivity contribution in [3.63, 3.8) is 0 Å². The van der Waals surface area contributed by atoms with Gasteiger partial charge in [-0.2, -0.15) is 0 Å². The molecule has 2 nitrogen and oxygen atoms in total. The zero-order valence-corrected chi connectivity index (χ0v) is 13.0. The van der Waals surface area contributed by atoms with Gasteiger partial charge in [0.15, 0.2) is 5.78 Å². The lowest BCUT2D eigenvalue weighted by atomic mass is 9.89. The van der Waals surface area contributed by atoms with E-state index < -0.39 is 0 Å². The number of anilines is 1. The molecule has 0 aromatic heterocycles. The number of allylic oxidation sites excluding steroid dienone is 1. The standard InChI is InChI=1S/C19H17NOS/c21-16-11-6-10-15-18(16)19(13-7-2-1-3-8-13)22-17-12-5-4-9-14(17)20-15/h1-5,7-9,12,19-20H,6,10-11H2. The van der Waals surface area contributed by atoms with E-state index in [-0.39, 0.29) is 5.25 Å². The number of hydrogen-bond acceptors (Lipinski definition) is 3. The van der Waals surface area contributed by atoms with Crippen LogP contribution in [0.4, 0.5) is 5.69 Å². The molecular formula is C19H17NOS. The van der Waals surface area contributed by atoms with Crippen LogP contribution in [0.2, 0.25) is 0 Å². The van der Waals surface area contributed by atoms with Crippen LogP contribution in [-0.2, 0) is 4.79 Å². The van der Waals surface area contributed by atoms with Crippen molar-refractivity contribution in [2.24, 2.45) is 0 Å². The van der Waals surface area contributed by atoms with Crippen LogP contribution in [0, 0.1) is 0 Å². The van der Waals surface area contributed by atoms with Crippen LogP contribution >= 0.6 is 11.8 Å². The van der Waals surface area contributed by atoms with Gasteiger partial charge in [-0.25, -0.2) is 0 Å². The molecule has 0 saturated carbocycles. The number of carbonyl (C=O) groups is 1. The summed E-state index contributed by atoms with van der Waals surface area (Å²) in [4.78, 5) is 13.8. The van der Waals surface area contributed by atoms with Crippen molar-refractivity contribution in [2.75, 3.05) is 5.32 Å². The molecule has 2 aliphatic rings. The summed E-state index contributed by atoms with van der Waals surface area (Å²) in [6, 6.07) is 18.7. The zero-order chi connectivity index (χ0) is 14.9. The van der Waals surface area contributed by atoms with Gasteiger partial charge in [-0.05, 0) is 30.5 Å². The van der Waals surface area contributed by atoms with Crippen LogP contribution in [0.1, 0.15) is 30.1 Å². The van der Waals surface area contributed by atoms with Gasteiger partial charge in [0.2, 0.25) is 0 Å². The highest BCUT2D eigenvalue weighted by Gasteiger charge is 2.32. The lowest BCUT2D eigenvalue weighted by molar-refractivity contribution is -0.116. The first-order valence-corrected chi connectivity index (χ1v) is 8.55. The van der Waals surface area contributed by atoms with E-state index in [0.29, 0.717) is 12.2 Å². The summed E-state index contributed by atoms with van der Waals surface area (Å²) in [6.45, 7) is 0. The maximum absolute atomic E-state index is 12.6. The number of hydrogen-bond donors (Lipinski definition) is 1. The molecule has 22 heavy (non-hydrogen) atoms. The van der Waals surface area contributed by atoms with Gasteiger partial charge < -0.3 is 5.32 Å². The molecule has 0 bridgehead atoms. The number of fused-ring (bicyclic) bond motifs is 1. The smallest absolute Gasteiger partial charge is 0.162 e. The topological polar surface area (TPSA) is 29.1 Å². The Labute approximate surface area is 134 Å². The second-order valence-corrected chi connectivity index (χ2v) is 6.85. The predicted octanol–water partition coefficient (Wildman–Crippen LogP) is 4.95. The highest BCUT2D eigenvalue weighted by atomic mass is 32.2. The molecule has 110 valence electrons. The Hall–Kier alpha value is -2.00. The highest BCUT2D eigenvalue weighted by molar-refractivity contribution is 8.00. The quantitative estimate of drug-likeness (QED) is 0.808. The van der Waals surface area contributed by atoms with Crippen molar-refractivity contribution in [2.45, 2.75) is 29.4 Å². The average molecular weight is 307 g/mol. The van der Waals surface area contributed by atoms with Gasteiger partial charge in [-0.3, -0.25) is 4.79 Å². The van der Waals surface area contributed by atoms with Crippen molar-refractivity contribution in [3.8, 4) is 0 Å². The third kappa shape index (κ3) is 2.35. The molecule has 2 aromatic rings. The molecule has 0 saturated heterocycles. The van der Waals surface area contributed by atoms with E-state index in [4.69, 9.17) is 0 Å². The molecular weight excluding hydrogens is 290 g/mol. The van der Waals surface area contributed by atoms with Crippen molar-refractivity contribution in [1.82, 2.24) is 0 Å². The lowest BCUT2D eigenvalue weighted by Crippen LogP contribution is -2.19. The first-order valence-electron chi connectivity index (χ1n) is 7.67. The molecule has 1 atom stereocenters. The predicted molar refractivity (Wildman–Crippen MR) is 91.0 cm³/mol. The molecule has 0 amide bonds. The van der Waals surface area contributed by atoms with Crippen LogP contribution < -0.4 is 5.32 Å². The summed E-state index contributed by atoms with van der Waals surface area (Å²) >= 11 is 1.78. The number of rotatable bonds is 1. The minimum atomic E-state index is 0.0835. The van der Waals surface area contributed by atoms with Crippen LogP contribution in [0.5, 0.6) is 0 Å². The fourth-order valence-corrected chi connectivity index (χ4v) is 4.52. The SMILES string of the molecule is O=C1CCCC2=C1C(c1ccccc1)Sc1ccccc1N2. The molecule has 1 aliphatic carbocycles. The molecule has 0 spiro atoms. The Kier molecular flexibility index (Phi) is 3.51. The van der Waals surface area contributed by atoms with Gasteiger partial charge >= 0.3 is 0 Å². The largest absolute Gasteiger partial charge is 0.358 e. The molecule has 1 unspecified atom stereocenters. The van der Waals surface area contributed by atoms with Gasteiger partial charge in [-0.1, -0.05) is 42.5 Å². The van der Waals surface area contributed by atoms with E-state index in [0.717, 1.165) is 29.8 Å². The first kappa shape index (κ1) is 13.6. The third-order valence-corrected chi connectivity index (χ3v) is 5.59. The Bertz CT molecular complexity index is 751. The van der Waals surface area contributed by atoms with Gasteiger partial charge in [-0.15, -0.1) is 11.8 Å². The number of benzene rings is 2. The van der Waals surface area contributed by atoms with E-state index in [1.165, 1.54) is 10.5 Å². The summed E-state index contributed by atoms with van der Waals surface area (Å²) in [6.07, 6.45) is 2.57. The minimum Gasteiger partial charge on any atom is -0.358 e. The Morgan fingerprint density at radius 2 is 1.73 bits per heavy atom. The molecule has 0 fully saturated rings. The van der Waals surface area contributed by atoms with Crippen LogP contribution in [0.15, 0.2) is 70.8 Å². The Morgan fingerprint density at radius 3 is 2.59 bits per heavy atom. The van der Waals surface area contributed by atoms with Crippen molar-refractivity contribution in [3.05, 3.63) is 71.4 Å². The van der Waals surface area contributed by atoms with Crippen LogP contribution in [-0.4, -0.2) is 5.78 Å². The van der Waals surface area contributed by atoms with Gasteiger partial charge in [0.05, 0.1) is 10.9 Å². The lowest BCUT2D eigenvalue weighted by Gasteiger charge is -2.24. The van der Waals surface area contributed by atoms with E-state index in [1.54, 1.807) is 11.8 Å². The molecule has 1 aliphatic heterocycles. The van der Waals surface area contributed by atoms with Gasteiger partial charge in [0.1, 0.15) is 0 Å². The molecule has 1 heterocycles. The maximum atomic E-state index is 12.6. The molecule has 1 N–H and O–H groups in total. The molecule has 0 radical (unpaired) electrons. The van der Waals surface area contributed by atoms with E-state index in [2.05, 4.69) is 35.6 Å². The Balaban J connectivity index is 1.88. The molecule has 3 heteroatoms. The fraction of sp³-hybridized carbons (Fsp3) is 0.211. The van der Waals surface area contributed by atoms with Crippen molar-refractivity contribution in [1.29, 1.82) is 0 Å². The summed E-state index contributed by atoms with van der Waals surface area (Å²) < 4.78 is 0. The number of nitrogens with one attached hydrogen (secondary N) is 1. The zero-order valence-electron chi connectivity index (χ0n) is 12.2. The highest BCUT2D eigenvalue weighted by Crippen LogP contribution is 2.49. The third-order valence-electron chi connectivity index (χ3n) is 4.24. The second kappa shape index (κ2) is 5.65. The van der Waals surface area contributed by atoms with Crippen molar-refractivity contribution < 1.29 is 4.79 Å². The number of thioether (sulfide) groups is 1. The number of ketones is 1. The first-order chi connectivity index (χ1) is 10.8. The monoisotopic (exact) mass is 307 g/mol. The normalized spacial score (nSPS) is 20.7. The Morgan fingerprint density at radius 1 is 0.955 bits per heavy atom. The fourth-order valence-electron chi connectivity index (χ4n) is 3.18. The van der Waals surface area contributed by atoms with E-state index >= 15 is 0 Å². The van der Waals surface area contributed by atoms with E-state index in [1.807, 2.05) is 24.3 Å². The maximum Gasteiger partial charge on any atom is 0.162 e. The number of Topliss-reactive ketones (excluding diaryl/α,β-unsaturated/α-hetero) is 1. The molecule has 2 aromatic carbocycles. The van der Waals surface area contributed by atoms with Crippen LogP contribution in [0.25, 0.3) is 0 Å². The number of para-hydroxylation sites is 1. The summed E-state index contributed by atoms with van der Waals surface area (Å²) in [5.41, 5.74) is 4.41. The average Bonchev–Trinajstić information content (AvgIpc) is 2.73. The van der Waals surface area contributed by atoms with Gasteiger partial charge in [0.25, 0.3) is 0 Å². The number of carbonyl (C=O) groups excluding carboxylic acids is 1. The summed E-state index contributed by atoms with van der Waals surface area (Å²) in [5, 5.41) is 3.61. The summed E-state index contributed by atoms with van der Waals surface area (Å²) in [7, 11) is 0. The van der Waals surface area contributed by atoms with Crippen LogP contribution in [0.3, 0.4) is 0 Å².